The Morgan fingerprint density at radius 2 is 2.00 bits per heavy atom. The van der Waals surface area contributed by atoms with Crippen LogP contribution in [0.2, 0.25) is 0 Å². The third-order valence-corrected chi connectivity index (χ3v) is 3.30. The van der Waals surface area contributed by atoms with Gasteiger partial charge in [-0.25, -0.2) is 0 Å². The lowest BCUT2D eigenvalue weighted by Crippen LogP contribution is -2.27. The Labute approximate surface area is 92.9 Å². The van der Waals surface area contributed by atoms with Crippen molar-refractivity contribution >= 4 is 5.91 Å². The number of hydrogen-bond acceptors (Lipinski definition) is 1. The molecule has 0 bridgehead atoms. The van der Waals surface area contributed by atoms with Crippen LogP contribution in [0.15, 0.2) is 11.6 Å². The predicted octanol–water partition coefficient (Wildman–Crippen LogP) is 2.88. The zero-order valence-corrected chi connectivity index (χ0v) is 10.3. The van der Waals surface area contributed by atoms with Gasteiger partial charge in [-0.1, -0.05) is 26.8 Å². The second kappa shape index (κ2) is 4.38. The maximum Gasteiger partial charge on any atom is 0.244 e. The maximum absolute atomic E-state index is 11.0. The smallest absolute Gasteiger partial charge is 0.244 e. The molecule has 0 spiro atoms. The summed E-state index contributed by atoms with van der Waals surface area (Å²) < 4.78 is 0. The van der Waals surface area contributed by atoms with Crippen molar-refractivity contribution in [1.29, 1.82) is 0 Å². The fourth-order valence-electron chi connectivity index (χ4n) is 2.98. The summed E-state index contributed by atoms with van der Waals surface area (Å²) in [5, 5.41) is 0. The van der Waals surface area contributed by atoms with Crippen LogP contribution in [0.1, 0.15) is 47.0 Å². The van der Waals surface area contributed by atoms with Gasteiger partial charge in [-0.15, -0.1) is 0 Å². The molecule has 0 aromatic carbocycles. The molecule has 0 heterocycles. The monoisotopic (exact) mass is 209 g/mol. The third-order valence-electron chi connectivity index (χ3n) is 3.30. The van der Waals surface area contributed by atoms with Gasteiger partial charge in [0.05, 0.1) is 0 Å². The largest absolute Gasteiger partial charge is 0.366 e. The van der Waals surface area contributed by atoms with Crippen molar-refractivity contribution in [3.63, 3.8) is 0 Å². The molecule has 1 rings (SSSR count). The zero-order chi connectivity index (χ0) is 11.6. The van der Waals surface area contributed by atoms with Crippen LogP contribution in [0.5, 0.6) is 0 Å². The number of rotatable bonds is 2. The predicted molar refractivity (Wildman–Crippen MR) is 63.2 cm³/mol. The summed E-state index contributed by atoms with van der Waals surface area (Å²) in [5.74, 6) is 0.984. The third kappa shape index (κ3) is 3.69. The molecule has 2 nitrogen and oxygen atoms in total. The number of hydrogen-bond donors (Lipinski definition) is 1. The van der Waals surface area contributed by atoms with Gasteiger partial charge in [-0.2, -0.15) is 0 Å². The summed E-state index contributed by atoms with van der Waals surface area (Å²) >= 11 is 0. The van der Waals surface area contributed by atoms with Crippen molar-refractivity contribution in [2.75, 3.05) is 0 Å². The molecule has 1 aliphatic carbocycles. The Kier molecular flexibility index (Phi) is 3.58. The van der Waals surface area contributed by atoms with E-state index >= 15 is 0 Å². The summed E-state index contributed by atoms with van der Waals surface area (Å²) in [6.45, 7) is 8.72. The average Bonchev–Trinajstić information content (AvgIpc) is 1.99. The SMILES string of the molecule is CC(=CC1CC(C)CC(C)(C)C1)C(N)=O. The lowest BCUT2D eigenvalue weighted by molar-refractivity contribution is -0.114. The molecule has 2 N–H and O–H groups in total. The summed E-state index contributed by atoms with van der Waals surface area (Å²) in [6.07, 6.45) is 5.71. The number of carbonyl (C=O) groups excluding carboxylic acids is 1. The molecule has 2 atom stereocenters. The van der Waals surface area contributed by atoms with Crippen LogP contribution in [0.4, 0.5) is 0 Å². The van der Waals surface area contributed by atoms with E-state index in [2.05, 4.69) is 26.8 Å². The highest BCUT2D eigenvalue weighted by molar-refractivity contribution is 5.91. The summed E-state index contributed by atoms with van der Waals surface area (Å²) in [5.41, 5.74) is 6.36. The van der Waals surface area contributed by atoms with E-state index in [-0.39, 0.29) is 5.91 Å². The molecule has 1 amide bonds. The normalized spacial score (nSPS) is 31.3. The van der Waals surface area contributed by atoms with Crippen molar-refractivity contribution in [1.82, 2.24) is 0 Å². The molecule has 2 unspecified atom stereocenters. The van der Waals surface area contributed by atoms with E-state index in [9.17, 15) is 4.79 Å². The van der Waals surface area contributed by atoms with Crippen molar-refractivity contribution < 1.29 is 4.79 Å². The second-order valence-corrected chi connectivity index (χ2v) is 5.89. The topological polar surface area (TPSA) is 43.1 Å². The Morgan fingerprint density at radius 3 is 2.47 bits per heavy atom. The highest BCUT2D eigenvalue weighted by Gasteiger charge is 2.31. The van der Waals surface area contributed by atoms with Crippen LogP contribution in [-0.2, 0) is 4.79 Å². The fourth-order valence-corrected chi connectivity index (χ4v) is 2.98. The van der Waals surface area contributed by atoms with E-state index in [0.29, 0.717) is 16.9 Å². The van der Waals surface area contributed by atoms with Gasteiger partial charge in [-0.05, 0) is 43.4 Å². The average molecular weight is 209 g/mol. The van der Waals surface area contributed by atoms with Crippen molar-refractivity contribution in [2.24, 2.45) is 23.0 Å². The van der Waals surface area contributed by atoms with E-state index < -0.39 is 0 Å². The molecule has 15 heavy (non-hydrogen) atoms. The first-order valence-corrected chi connectivity index (χ1v) is 5.78. The highest BCUT2D eigenvalue weighted by Crippen LogP contribution is 2.42. The molecule has 0 aliphatic heterocycles. The molecule has 1 fully saturated rings. The van der Waals surface area contributed by atoms with E-state index in [4.69, 9.17) is 5.73 Å². The first kappa shape index (κ1) is 12.3. The highest BCUT2D eigenvalue weighted by atomic mass is 16.1. The minimum atomic E-state index is -0.286. The van der Waals surface area contributed by atoms with Crippen LogP contribution in [0.3, 0.4) is 0 Å². The number of amides is 1. The number of allylic oxidation sites excluding steroid dienone is 1. The van der Waals surface area contributed by atoms with Gasteiger partial charge in [0.25, 0.3) is 0 Å². The van der Waals surface area contributed by atoms with Gasteiger partial charge in [-0.3, -0.25) is 4.79 Å². The van der Waals surface area contributed by atoms with Gasteiger partial charge < -0.3 is 5.73 Å². The van der Waals surface area contributed by atoms with E-state index in [1.165, 1.54) is 19.3 Å². The second-order valence-electron chi connectivity index (χ2n) is 5.89. The molecular formula is C13H23NO. The summed E-state index contributed by atoms with van der Waals surface area (Å²) in [4.78, 5) is 11.0. The molecule has 86 valence electrons. The fraction of sp³-hybridized carbons (Fsp3) is 0.769. The van der Waals surface area contributed by atoms with E-state index in [1.807, 2.05) is 6.92 Å². The number of nitrogens with two attached hydrogens (primary N) is 1. The number of primary amides is 1. The molecule has 0 aromatic heterocycles. The first-order chi connectivity index (χ1) is 6.80. The van der Waals surface area contributed by atoms with Crippen LogP contribution >= 0.6 is 0 Å². The van der Waals surface area contributed by atoms with E-state index in [0.717, 1.165) is 5.92 Å². The molecule has 0 saturated heterocycles. The van der Waals surface area contributed by atoms with Gasteiger partial charge >= 0.3 is 0 Å². The number of carbonyl (C=O) groups is 1. The van der Waals surface area contributed by atoms with Gasteiger partial charge in [0.1, 0.15) is 0 Å². The zero-order valence-electron chi connectivity index (χ0n) is 10.3. The van der Waals surface area contributed by atoms with Gasteiger partial charge in [0.2, 0.25) is 5.91 Å². The Hall–Kier alpha value is -0.790. The van der Waals surface area contributed by atoms with Gasteiger partial charge in [0.15, 0.2) is 0 Å². The van der Waals surface area contributed by atoms with Crippen LogP contribution in [0.25, 0.3) is 0 Å². The molecular weight excluding hydrogens is 186 g/mol. The molecule has 1 saturated carbocycles. The molecule has 1 aliphatic rings. The Bertz CT molecular complexity index is 278. The lowest BCUT2D eigenvalue weighted by atomic mass is 9.68. The quantitative estimate of drug-likeness (QED) is 0.698. The van der Waals surface area contributed by atoms with Crippen LogP contribution < -0.4 is 5.73 Å². The minimum Gasteiger partial charge on any atom is -0.366 e. The van der Waals surface area contributed by atoms with Crippen LogP contribution in [-0.4, -0.2) is 5.91 Å². The van der Waals surface area contributed by atoms with Crippen molar-refractivity contribution in [3.05, 3.63) is 11.6 Å². The first-order valence-electron chi connectivity index (χ1n) is 5.78. The lowest BCUT2D eigenvalue weighted by Gasteiger charge is -2.38. The minimum absolute atomic E-state index is 0.286. The summed E-state index contributed by atoms with van der Waals surface area (Å²) in [7, 11) is 0. The van der Waals surface area contributed by atoms with E-state index in [1.54, 1.807) is 0 Å². The Balaban J connectivity index is 2.71. The standard InChI is InChI=1S/C13H23NO/c1-9-5-11(6-10(2)12(14)15)8-13(3,4)7-9/h6,9,11H,5,7-8H2,1-4H3,(H2,14,15). The van der Waals surface area contributed by atoms with Crippen molar-refractivity contribution in [2.45, 2.75) is 47.0 Å². The molecule has 0 aromatic rings. The molecule has 0 radical (unpaired) electrons. The Morgan fingerprint density at radius 1 is 1.40 bits per heavy atom. The summed E-state index contributed by atoms with van der Waals surface area (Å²) in [6, 6.07) is 0. The van der Waals surface area contributed by atoms with Crippen LogP contribution in [0, 0.1) is 17.3 Å². The maximum atomic E-state index is 11.0. The van der Waals surface area contributed by atoms with Gasteiger partial charge in [0, 0.05) is 5.57 Å². The van der Waals surface area contributed by atoms with Crippen molar-refractivity contribution in [3.8, 4) is 0 Å². The molecule has 2 heteroatoms.